The molecule has 5 nitrogen and oxygen atoms in total. The Morgan fingerprint density at radius 1 is 1.22 bits per heavy atom. The van der Waals surface area contributed by atoms with Crippen LogP contribution in [0.3, 0.4) is 0 Å². The summed E-state index contributed by atoms with van der Waals surface area (Å²) in [6, 6.07) is 10.4. The van der Waals surface area contributed by atoms with E-state index in [0.717, 1.165) is 53.7 Å². The van der Waals surface area contributed by atoms with Gasteiger partial charge >= 0.3 is 0 Å². The highest BCUT2D eigenvalue weighted by molar-refractivity contribution is 5.78. The fourth-order valence-corrected chi connectivity index (χ4v) is 3.83. The van der Waals surface area contributed by atoms with Gasteiger partial charge in [0.2, 0.25) is 0 Å². The Balaban J connectivity index is 1.88. The normalized spacial score (nSPS) is 16.2. The topological polar surface area (TPSA) is 55.6 Å². The minimum absolute atomic E-state index is 0.468. The summed E-state index contributed by atoms with van der Waals surface area (Å²) in [6.07, 6.45) is 5.33. The molecule has 1 aliphatic heterocycles. The number of aromatic nitrogens is 4. The lowest BCUT2D eigenvalue weighted by Gasteiger charge is -2.22. The summed E-state index contributed by atoms with van der Waals surface area (Å²) in [7, 11) is 0. The molecular formula is C22H27N5. The van der Waals surface area contributed by atoms with E-state index in [4.69, 9.17) is 9.97 Å². The van der Waals surface area contributed by atoms with Crippen LogP contribution in [0.15, 0.2) is 36.5 Å². The summed E-state index contributed by atoms with van der Waals surface area (Å²) in [5.74, 6) is 2.56. The average molecular weight is 361 g/mol. The predicted molar refractivity (Wildman–Crippen MR) is 110 cm³/mol. The van der Waals surface area contributed by atoms with Crippen molar-refractivity contribution in [3.05, 3.63) is 48.0 Å². The van der Waals surface area contributed by atoms with Crippen LogP contribution in [-0.4, -0.2) is 26.1 Å². The highest BCUT2D eigenvalue weighted by atomic mass is 15.1. The number of anilines is 1. The van der Waals surface area contributed by atoms with Crippen molar-refractivity contribution in [2.75, 3.05) is 11.9 Å². The molecule has 0 fully saturated rings. The number of hydrogen-bond acceptors (Lipinski definition) is 4. The Labute approximate surface area is 160 Å². The van der Waals surface area contributed by atoms with E-state index >= 15 is 0 Å². The van der Waals surface area contributed by atoms with E-state index in [2.05, 4.69) is 53.0 Å². The van der Waals surface area contributed by atoms with E-state index in [1.165, 1.54) is 18.7 Å². The van der Waals surface area contributed by atoms with Gasteiger partial charge < -0.3 is 9.88 Å². The molecular weight excluding hydrogens is 334 g/mol. The van der Waals surface area contributed by atoms with Crippen molar-refractivity contribution in [3.63, 3.8) is 0 Å². The van der Waals surface area contributed by atoms with E-state index < -0.39 is 0 Å². The van der Waals surface area contributed by atoms with Crippen LogP contribution in [-0.2, 0) is 6.54 Å². The third-order valence-corrected chi connectivity index (χ3v) is 5.18. The number of pyridine rings is 2. The fourth-order valence-electron chi connectivity index (χ4n) is 3.83. The van der Waals surface area contributed by atoms with Gasteiger partial charge in [-0.15, -0.1) is 0 Å². The van der Waals surface area contributed by atoms with Crippen LogP contribution in [0.4, 0.5) is 5.82 Å². The molecule has 1 N–H and O–H groups in total. The van der Waals surface area contributed by atoms with Gasteiger partial charge in [-0.25, -0.2) is 9.97 Å². The average Bonchev–Trinajstić information content (AvgIpc) is 3.08. The van der Waals surface area contributed by atoms with Crippen LogP contribution in [0.1, 0.15) is 50.5 Å². The number of nitrogens with zero attached hydrogens (tertiary/aromatic N) is 4. The Kier molecular flexibility index (Phi) is 4.92. The lowest BCUT2D eigenvalue weighted by atomic mass is 10.0. The van der Waals surface area contributed by atoms with Crippen molar-refractivity contribution in [3.8, 4) is 22.6 Å². The zero-order chi connectivity index (χ0) is 18.8. The summed E-state index contributed by atoms with van der Waals surface area (Å²) in [5.41, 5.74) is 5.25. The first-order valence-electron chi connectivity index (χ1n) is 9.92. The second-order valence-electron chi connectivity index (χ2n) is 7.38. The quantitative estimate of drug-likeness (QED) is 0.692. The molecule has 140 valence electrons. The number of aryl methyl sites for hydroxylation is 1. The molecule has 3 aromatic rings. The monoisotopic (exact) mass is 361 g/mol. The van der Waals surface area contributed by atoms with E-state index in [1.807, 2.05) is 19.2 Å². The second-order valence-corrected chi connectivity index (χ2v) is 7.38. The van der Waals surface area contributed by atoms with E-state index in [9.17, 15) is 0 Å². The Hall–Kier alpha value is -2.69. The Morgan fingerprint density at radius 3 is 2.93 bits per heavy atom. The van der Waals surface area contributed by atoms with Crippen molar-refractivity contribution in [2.45, 2.75) is 52.5 Å². The van der Waals surface area contributed by atoms with E-state index in [1.54, 1.807) is 0 Å². The van der Waals surface area contributed by atoms with Crippen LogP contribution in [0.2, 0.25) is 0 Å². The van der Waals surface area contributed by atoms with Crippen LogP contribution in [0.5, 0.6) is 0 Å². The molecule has 5 heteroatoms. The van der Waals surface area contributed by atoms with Gasteiger partial charge in [0.1, 0.15) is 17.3 Å². The highest BCUT2D eigenvalue weighted by Gasteiger charge is 2.26. The van der Waals surface area contributed by atoms with Crippen LogP contribution < -0.4 is 5.32 Å². The molecule has 4 heterocycles. The molecule has 0 aromatic carbocycles. The van der Waals surface area contributed by atoms with Gasteiger partial charge in [-0.1, -0.05) is 19.9 Å². The highest BCUT2D eigenvalue weighted by Crippen LogP contribution is 2.38. The molecule has 1 aliphatic rings. The van der Waals surface area contributed by atoms with Gasteiger partial charge in [-0.3, -0.25) is 4.98 Å². The molecule has 0 saturated carbocycles. The van der Waals surface area contributed by atoms with Gasteiger partial charge in [-0.2, -0.15) is 0 Å². The molecule has 0 amide bonds. The van der Waals surface area contributed by atoms with Gasteiger partial charge in [0.15, 0.2) is 0 Å². The molecule has 0 saturated heterocycles. The number of imidazole rings is 1. The molecule has 4 rings (SSSR count). The fraction of sp³-hybridized carbons (Fsp3) is 0.409. The maximum absolute atomic E-state index is 5.07. The first-order valence-corrected chi connectivity index (χ1v) is 9.92. The van der Waals surface area contributed by atoms with Crippen molar-refractivity contribution >= 4 is 5.82 Å². The standard InChI is InChI=1S/C22H27N5/c1-4-11-23-19-14-17(10-12-24-19)21-20(18-9-5-8-16(3)25-18)26-22-15(2)7-6-13-27(21)22/h5,8-10,12,14-15H,4,6-7,11,13H2,1-3H3,(H,23,24)/t15-/m0/s1. The smallest absolute Gasteiger partial charge is 0.126 e. The van der Waals surface area contributed by atoms with E-state index in [-0.39, 0.29) is 0 Å². The summed E-state index contributed by atoms with van der Waals surface area (Å²) < 4.78 is 2.40. The van der Waals surface area contributed by atoms with E-state index in [0.29, 0.717) is 5.92 Å². The minimum atomic E-state index is 0.468. The third kappa shape index (κ3) is 3.46. The van der Waals surface area contributed by atoms with Crippen molar-refractivity contribution in [1.82, 2.24) is 19.5 Å². The summed E-state index contributed by atoms with van der Waals surface area (Å²) in [4.78, 5) is 14.3. The second kappa shape index (κ2) is 7.51. The number of fused-ring (bicyclic) bond motifs is 1. The third-order valence-electron chi connectivity index (χ3n) is 5.18. The van der Waals surface area contributed by atoms with Gasteiger partial charge in [0, 0.05) is 36.5 Å². The van der Waals surface area contributed by atoms with Gasteiger partial charge in [-0.05, 0) is 50.5 Å². The molecule has 0 bridgehead atoms. The van der Waals surface area contributed by atoms with Crippen LogP contribution in [0, 0.1) is 6.92 Å². The molecule has 0 unspecified atom stereocenters. The number of nitrogens with one attached hydrogen (secondary N) is 1. The molecule has 3 aromatic heterocycles. The van der Waals surface area contributed by atoms with Crippen molar-refractivity contribution in [1.29, 1.82) is 0 Å². The molecule has 27 heavy (non-hydrogen) atoms. The van der Waals surface area contributed by atoms with Crippen LogP contribution in [0.25, 0.3) is 22.6 Å². The zero-order valence-corrected chi connectivity index (χ0v) is 16.4. The largest absolute Gasteiger partial charge is 0.370 e. The Bertz CT molecular complexity index is 944. The van der Waals surface area contributed by atoms with Crippen molar-refractivity contribution in [2.24, 2.45) is 0 Å². The first-order chi connectivity index (χ1) is 13.2. The Morgan fingerprint density at radius 2 is 2.11 bits per heavy atom. The van der Waals surface area contributed by atoms with Gasteiger partial charge in [0.25, 0.3) is 0 Å². The predicted octanol–water partition coefficient (Wildman–Crippen LogP) is 5.03. The minimum Gasteiger partial charge on any atom is -0.370 e. The molecule has 0 aliphatic carbocycles. The zero-order valence-electron chi connectivity index (χ0n) is 16.4. The summed E-state index contributed by atoms with van der Waals surface area (Å²) in [5, 5.41) is 3.40. The molecule has 0 radical (unpaired) electrons. The number of hydrogen-bond donors (Lipinski definition) is 1. The summed E-state index contributed by atoms with van der Waals surface area (Å²) >= 11 is 0. The van der Waals surface area contributed by atoms with Crippen LogP contribution >= 0.6 is 0 Å². The maximum atomic E-state index is 5.07. The van der Waals surface area contributed by atoms with Gasteiger partial charge in [0.05, 0.1) is 11.4 Å². The number of rotatable bonds is 5. The summed E-state index contributed by atoms with van der Waals surface area (Å²) in [6.45, 7) is 8.39. The lowest BCUT2D eigenvalue weighted by Crippen LogP contribution is -2.14. The van der Waals surface area contributed by atoms with Crippen molar-refractivity contribution < 1.29 is 0 Å². The first kappa shape index (κ1) is 17.7. The molecule has 1 atom stereocenters. The maximum Gasteiger partial charge on any atom is 0.126 e. The molecule has 0 spiro atoms. The lowest BCUT2D eigenvalue weighted by molar-refractivity contribution is 0.466. The SMILES string of the molecule is CCCNc1cc(-c2c(-c3cccc(C)n3)nc3n2CCC[C@@H]3C)ccn1.